The van der Waals surface area contributed by atoms with Gasteiger partial charge in [0, 0.05) is 11.3 Å². The quantitative estimate of drug-likeness (QED) is 0.859. The molecule has 0 saturated carbocycles. The Kier molecular flexibility index (Phi) is 5.74. The summed E-state index contributed by atoms with van der Waals surface area (Å²) in [5.41, 5.74) is 0. The number of amides is 2. The van der Waals surface area contributed by atoms with E-state index in [0.29, 0.717) is 24.7 Å². The van der Waals surface area contributed by atoms with Crippen LogP contribution in [-0.2, 0) is 9.53 Å². The zero-order valence-corrected chi connectivity index (χ0v) is 12.5. The summed E-state index contributed by atoms with van der Waals surface area (Å²) in [7, 11) is 0. The summed E-state index contributed by atoms with van der Waals surface area (Å²) in [4.78, 5) is 23.5. The van der Waals surface area contributed by atoms with Gasteiger partial charge >= 0.3 is 6.09 Å². The topological polar surface area (TPSA) is 73.9 Å². The van der Waals surface area contributed by atoms with E-state index in [1.54, 1.807) is 6.92 Å². The van der Waals surface area contributed by atoms with Gasteiger partial charge in [-0.25, -0.2) is 4.79 Å². The lowest BCUT2D eigenvalue weighted by Gasteiger charge is -2.09. The summed E-state index contributed by atoms with van der Waals surface area (Å²) >= 11 is 1.31. The Balaban J connectivity index is 1.87. The Hall–Kier alpha value is -1.89. The normalized spacial score (nSPS) is 13.2. The fraction of sp³-hybridized carbons (Fsp3) is 0.429. The number of thioether (sulfide) groups is 1. The molecule has 1 heterocycles. The van der Waals surface area contributed by atoms with Crippen molar-refractivity contribution in [2.24, 2.45) is 0 Å². The largest absolute Gasteiger partial charge is 0.490 e. The van der Waals surface area contributed by atoms with Crippen molar-refractivity contribution in [3.8, 4) is 11.5 Å². The monoisotopic (exact) mass is 311 g/mol. The Morgan fingerprint density at radius 1 is 1.29 bits per heavy atom. The fourth-order valence-corrected chi connectivity index (χ4v) is 2.42. The number of fused-ring (bicyclic) bond motifs is 1. The highest BCUT2D eigenvalue weighted by atomic mass is 32.2. The summed E-state index contributed by atoms with van der Waals surface area (Å²) in [6.45, 7) is 3.16. The Morgan fingerprint density at radius 3 is 2.81 bits per heavy atom. The van der Waals surface area contributed by atoms with Gasteiger partial charge in [-0.1, -0.05) is 0 Å². The number of nitrogens with one attached hydrogen (secondary N) is 1. The maximum Gasteiger partial charge on any atom is 0.413 e. The average Bonchev–Trinajstić information content (AvgIpc) is 2.70. The van der Waals surface area contributed by atoms with Crippen molar-refractivity contribution in [3.63, 3.8) is 0 Å². The highest BCUT2D eigenvalue weighted by molar-refractivity contribution is 8.00. The number of benzene rings is 1. The minimum absolute atomic E-state index is 0.123. The lowest BCUT2D eigenvalue weighted by Crippen LogP contribution is -2.32. The fourth-order valence-electron chi connectivity index (χ4n) is 1.70. The number of carbonyl (C=O) groups is 2. The molecule has 0 radical (unpaired) electrons. The van der Waals surface area contributed by atoms with Gasteiger partial charge in [-0.2, -0.15) is 0 Å². The first-order valence-corrected chi connectivity index (χ1v) is 7.66. The van der Waals surface area contributed by atoms with E-state index in [0.717, 1.165) is 11.3 Å². The number of rotatable bonds is 4. The second kappa shape index (κ2) is 7.78. The number of alkyl carbamates (subject to hydrolysis) is 1. The predicted molar refractivity (Wildman–Crippen MR) is 77.9 cm³/mol. The lowest BCUT2D eigenvalue weighted by molar-refractivity contribution is -0.117. The third-order valence-corrected chi connectivity index (χ3v) is 3.60. The average molecular weight is 311 g/mol. The summed E-state index contributed by atoms with van der Waals surface area (Å²) < 4.78 is 15.7. The van der Waals surface area contributed by atoms with Crippen molar-refractivity contribution in [2.75, 3.05) is 25.6 Å². The molecule has 1 aromatic carbocycles. The van der Waals surface area contributed by atoms with Crippen molar-refractivity contribution in [3.05, 3.63) is 18.2 Å². The highest BCUT2D eigenvalue weighted by Gasteiger charge is 2.12. The van der Waals surface area contributed by atoms with Crippen LogP contribution >= 0.6 is 11.8 Å². The first-order valence-electron chi connectivity index (χ1n) is 6.68. The maximum absolute atomic E-state index is 11.6. The first kappa shape index (κ1) is 15.5. The van der Waals surface area contributed by atoms with E-state index >= 15 is 0 Å². The van der Waals surface area contributed by atoms with Crippen molar-refractivity contribution < 1.29 is 23.8 Å². The van der Waals surface area contributed by atoms with Gasteiger partial charge in [0.2, 0.25) is 5.91 Å². The van der Waals surface area contributed by atoms with Crippen LogP contribution < -0.4 is 14.8 Å². The number of hydrogen-bond acceptors (Lipinski definition) is 6. The summed E-state index contributed by atoms with van der Waals surface area (Å²) in [5, 5.41) is 2.15. The van der Waals surface area contributed by atoms with E-state index in [-0.39, 0.29) is 12.4 Å². The van der Waals surface area contributed by atoms with Gasteiger partial charge < -0.3 is 14.2 Å². The molecule has 2 amide bonds. The van der Waals surface area contributed by atoms with Crippen LogP contribution in [0.1, 0.15) is 13.3 Å². The molecule has 114 valence electrons. The van der Waals surface area contributed by atoms with Crippen LogP contribution in [0.3, 0.4) is 0 Å². The van der Waals surface area contributed by atoms with Crippen molar-refractivity contribution in [1.29, 1.82) is 0 Å². The zero-order chi connectivity index (χ0) is 15.1. The van der Waals surface area contributed by atoms with Crippen LogP contribution in [0.4, 0.5) is 4.79 Å². The van der Waals surface area contributed by atoms with Crippen molar-refractivity contribution >= 4 is 23.8 Å². The number of carbonyl (C=O) groups excluding carboxylic acids is 2. The van der Waals surface area contributed by atoms with E-state index in [1.165, 1.54) is 11.8 Å². The molecule has 1 aliphatic heterocycles. The Morgan fingerprint density at radius 2 is 2.05 bits per heavy atom. The van der Waals surface area contributed by atoms with Gasteiger partial charge in [-0.15, -0.1) is 11.8 Å². The molecule has 21 heavy (non-hydrogen) atoms. The number of ether oxygens (including phenoxy) is 3. The Labute approximate surface area is 127 Å². The van der Waals surface area contributed by atoms with E-state index in [2.05, 4.69) is 10.1 Å². The van der Waals surface area contributed by atoms with Crippen LogP contribution in [0, 0.1) is 0 Å². The molecular weight excluding hydrogens is 294 g/mol. The third kappa shape index (κ3) is 4.86. The van der Waals surface area contributed by atoms with Gasteiger partial charge in [-0.3, -0.25) is 10.1 Å². The molecule has 2 rings (SSSR count). The van der Waals surface area contributed by atoms with Gasteiger partial charge in [0.05, 0.1) is 25.6 Å². The zero-order valence-electron chi connectivity index (χ0n) is 11.7. The summed E-state index contributed by atoms with van der Waals surface area (Å²) in [6.07, 6.45) is 0.126. The van der Waals surface area contributed by atoms with Crippen LogP contribution in [0.2, 0.25) is 0 Å². The molecule has 1 aromatic rings. The predicted octanol–water partition coefficient (Wildman–Crippen LogP) is 2.21. The maximum atomic E-state index is 11.6. The molecular formula is C14H17NO5S. The molecule has 0 atom stereocenters. The van der Waals surface area contributed by atoms with Gasteiger partial charge in [0.15, 0.2) is 11.5 Å². The molecule has 6 nitrogen and oxygen atoms in total. The second-order valence-corrected chi connectivity index (χ2v) is 5.27. The molecule has 1 N–H and O–H groups in total. The third-order valence-electron chi connectivity index (χ3n) is 2.61. The van der Waals surface area contributed by atoms with Crippen molar-refractivity contribution in [1.82, 2.24) is 5.32 Å². The molecule has 0 saturated heterocycles. The van der Waals surface area contributed by atoms with Gasteiger partial charge in [0.1, 0.15) is 0 Å². The second-order valence-electron chi connectivity index (χ2n) is 4.22. The van der Waals surface area contributed by atoms with E-state index < -0.39 is 12.0 Å². The summed E-state index contributed by atoms with van der Waals surface area (Å²) in [5.74, 6) is 1.13. The molecule has 1 aliphatic rings. The van der Waals surface area contributed by atoms with E-state index in [9.17, 15) is 9.59 Å². The summed E-state index contributed by atoms with van der Waals surface area (Å²) in [6, 6.07) is 5.52. The van der Waals surface area contributed by atoms with Crippen LogP contribution in [0.15, 0.2) is 23.1 Å². The van der Waals surface area contributed by atoms with Crippen LogP contribution in [-0.4, -0.2) is 37.6 Å². The molecule has 0 spiro atoms. The Bertz CT molecular complexity index is 520. The first-order chi connectivity index (χ1) is 10.2. The molecule has 0 bridgehead atoms. The molecule has 0 aromatic heterocycles. The van der Waals surface area contributed by atoms with Crippen LogP contribution in [0.25, 0.3) is 0 Å². The molecule has 0 aliphatic carbocycles. The lowest BCUT2D eigenvalue weighted by atomic mass is 10.3. The highest BCUT2D eigenvalue weighted by Crippen LogP contribution is 2.33. The minimum Gasteiger partial charge on any atom is -0.490 e. The smallest absolute Gasteiger partial charge is 0.413 e. The molecule has 7 heteroatoms. The van der Waals surface area contributed by atoms with E-state index in [1.807, 2.05) is 18.2 Å². The molecule has 0 unspecified atom stereocenters. The number of imide groups is 1. The standard InChI is InChI=1S/C14H17NO5S/c1-2-18-14(17)15-13(16)9-21-10-4-5-11-12(8-10)20-7-3-6-19-11/h4-5,8H,2-3,6-7,9H2,1H3,(H,15,16,17). The van der Waals surface area contributed by atoms with Gasteiger partial charge in [0.25, 0.3) is 0 Å². The van der Waals surface area contributed by atoms with E-state index in [4.69, 9.17) is 9.47 Å². The van der Waals surface area contributed by atoms with Crippen LogP contribution in [0.5, 0.6) is 11.5 Å². The van der Waals surface area contributed by atoms with Gasteiger partial charge in [-0.05, 0) is 25.1 Å². The SMILES string of the molecule is CCOC(=O)NC(=O)CSc1ccc2c(c1)OCCCO2. The number of hydrogen-bond donors (Lipinski definition) is 1. The van der Waals surface area contributed by atoms with Crippen molar-refractivity contribution in [2.45, 2.75) is 18.2 Å². The molecule has 0 fully saturated rings. The minimum atomic E-state index is -0.721.